The predicted molar refractivity (Wildman–Crippen MR) is 77.6 cm³/mol. The zero-order valence-electron chi connectivity index (χ0n) is 11.6. The van der Waals surface area contributed by atoms with E-state index in [1.807, 2.05) is 29.3 Å². The van der Waals surface area contributed by atoms with Crippen LogP contribution in [0.2, 0.25) is 0 Å². The number of imidazole rings is 1. The smallest absolute Gasteiger partial charge is 0.156 e. The third-order valence-electron chi connectivity index (χ3n) is 4.71. The van der Waals surface area contributed by atoms with E-state index in [4.69, 9.17) is 0 Å². The lowest BCUT2D eigenvalue weighted by molar-refractivity contribution is 0.689. The lowest BCUT2D eigenvalue weighted by atomic mass is 10.1. The maximum Gasteiger partial charge on any atom is 0.156 e. The Labute approximate surface area is 122 Å². The van der Waals surface area contributed by atoms with Crippen LogP contribution in [-0.2, 0) is 0 Å². The molecular formula is C16H15N5. The maximum absolute atomic E-state index is 4.64. The average Bonchev–Trinajstić information content (AvgIpc) is 3.42. The first-order valence-electron chi connectivity index (χ1n) is 7.50. The van der Waals surface area contributed by atoms with Gasteiger partial charge < -0.3 is 0 Å². The molecule has 5 rings (SSSR count). The summed E-state index contributed by atoms with van der Waals surface area (Å²) in [6, 6.07) is 2.19. The largest absolute Gasteiger partial charge is 0.244 e. The van der Waals surface area contributed by atoms with E-state index in [9.17, 15) is 0 Å². The van der Waals surface area contributed by atoms with E-state index in [-0.39, 0.29) is 0 Å². The van der Waals surface area contributed by atoms with Crippen LogP contribution in [-0.4, -0.2) is 24.6 Å². The van der Waals surface area contributed by atoms with Crippen LogP contribution in [0.4, 0.5) is 0 Å². The SMILES string of the molecule is c1ncc(-c2cc([C@H]3C[C@@H]3C3CC3)c3nccn3n2)cn1. The molecule has 104 valence electrons. The van der Waals surface area contributed by atoms with Gasteiger partial charge in [-0.1, -0.05) is 0 Å². The summed E-state index contributed by atoms with van der Waals surface area (Å²) in [7, 11) is 0. The van der Waals surface area contributed by atoms with Gasteiger partial charge in [-0.3, -0.25) is 0 Å². The normalized spacial score (nSPS) is 24.4. The fourth-order valence-corrected chi connectivity index (χ4v) is 3.40. The van der Waals surface area contributed by atoms with Crippen LogP contribution in [0.5, 0.6) is 0 Å². The van der Waals surface area contributed by atoms with Crippen LogP contribution < -0.4 is 0 Å². The van der Waals surface area contributed by atoms with Crippen LogP contribution in [0.3, 0.4) is 0 Å². The van der Waals surface area contributed by atoms with E-state index in [0.717, 1.165) is 28.7 Å². The van der Waals surface area contributed by atoms with Gasteiger partial charge in [0.05, 0.1) is 5.69 Å². The molecule has 3 heterocycles. The summed E-state index contributed by atoms with van der Waals surface area (Å²) < 4.78 is 1.89. The minimum atomic E-state index is 0.661. The van der Waals surface area contributed by atoms with Gasteiger partial charge in [0.15, 0.2) is 5.65 Å². The molecule has 3 aromatic rings. The van der Waals surface area contributed by atoms with Gasteiger partial charge in [-0.2, -0.15) is 5.10 Å². The molecule has 21 heavy (non-hydrogen) atoms. The van der Waals surface area contributed by atoms with Gasteiger partial charge in [0.1, 0.15) is 6.33 Å². The van der Waals surface area contributed by atoms with Gasteiger partial charge in [0.2, 0.25) is 0 Å². The number of rotatable bonds is 3. The van der Waals surface area contributed by atoms with Gasteiger partial charge in [0, 0.05) is 35.9 Å². The van der Waals surface area contributed by atoms with E-state index in [1.165, 1.54) is 24.8 Å². The Hall–Kier alpha value is -2.30. The summed E-state index contributed by atoms with van der Waals surface area (Å²) >= 11 is 0. The minimum absolute atomic E-state index is 0.661. The minimum Gasteiger partial charge on any atom is -0.244 e. The lowest BCUT2D eigenvalue weighted by Gasteiger charge is -2.07. The number of aromatic nitrogens is 5. The monoisotopic (exact) mass is 277 g/mol. The van der Waals surface area contributed by atoms with Crippen LogP contribution in [0, 0.1) is 11.8 Å². The Bertz CT molecular complexity index is 806. The highest BCUT2D eigenvalue weighted by Gasteiger charge is 2.48. The van der Waals surface area contributed by atoms with Crippen molar-refractivity contribution in [2.24, 2.45) is 11.8 Å². The quantitative estimate of drug-likeness (QED) is 0.738. The molecule has 2 saturated carbocycles. The molecule has 5 heteroatoms. The Balaban J connectivity index is 1.64. The Morgan fingerprint density at radius 1 is 1.14 bits per heavy atom. The first-order valence-corrected chi connectivity index (χ1v) is 7.50. The van der Waals surface area contributed by atoms with E-state index < -0.39 is 0 Å². The standard InChI is InChI=1S/C16H15N5/c1-2-10(1)12-5-13(12)14-6-15(11-7-17-9-18-8-11)20-21-4-3-19-16(14)21/h3-4,6-10,12-13H,1-2,5H2/t12-,13+/m1/s1. The summed E-state index contributed by atoms with van der Waals surface area (Å²) in [5.41, 5.74) is 4.23. The lowest BCUT2D eigenvalue weighted by Crippen LogP contribution is -2.00. The molecule has 2 aliphatic rings. The molecule has 0 N–H and O–H groups in total. The molecule has 0 radical (unpaired) electrons. The number of hydrogen-bond donors (Lipinski definition) is 0. The molecule has 0 saturated heterocycles. The van der Waals surface area contributed by atoms with Crippen molar-refractivity contribution in [1.82, 2.24) is 24.6 Å². The Morgan fingerprint density at radius 2 is 2.00 bits per heavy atom. The second-order valence-corrected chi connectivity index (χ2v) is 6.15. The van der Waals surface area contributed by atoms with E-state index in [2.05, 4.69) is 26.1 Å². The first-order chi connectivity index (χ1) is 10.4. The second-order valence-electron chi connectivity index (χ2n) is 6.15. The van der Waals surface area contributed by atoms with Crippen molar-refractivity contribution in [2.75, 3.05) is 0 Å². The highest BCUT2D eigenvalue weighted by Crippen LogP contribution is 2.59. The van der Waals surface area contributed by atoms with Crippen molar-refractivity contribution in [3.8, 4) is 11.3 Å². The van der Waals surface area contributed by atoms with Crippen molar-refractivity contribution in [3.63, 3.8) is 0 Å². The topological polar surface area (TPSA) is 56.0 Å². The number of hydrogen-bond acceptors (Lipinski definition) is 4. The summed E-state index contributed by atoms with van der Waals surface area (Å²) in [4.78, 5) is 12.7. The molecule has 0 amide bonds. The summed E-state index contributed by atoms with van der Waals surface area (Å²) in [6.07, 6.45) is 13.0. The van der Waals surface area contributed by atoms with Crippen molar-refractivity contribution in [3.05, 3.63) is 42.7 Å². The van der Waals surface area contributed by atoms with Crippen molar-refractivity contribution >= 4 is 5.65 Å². The van der Waals surface area contributed by atoms with Gasteiger partial charge in [0.25, 0.3) is 0 Å². The van der Waals surface area contributed by atoms with Crippen LogP contribution in [0.25, 0.3) is 16.9 Å². The Kier molecular flexibility index (Phi) is 2.22. The highest BCUT2D eigenvalue weighted by molar-refractivity contribution is 5.63. The highest BCUT2D eigenvalue weighted by atomic mass is 15.2. The molecule has 0 bridgehead atoms. The second kappa shape index (κ2) is 4.10. The maximum atomic E-state index is 4.64. The molecule has 2 atom stereocenters. The number of nitrogens with zero attached hydrogens (tertiary/aromatic N) is 5. The molecular weight excluding hydrogens is 262 g/mol. The summed E-state index contributed by atoms with van der Waals surface area (Å²) in [5.74, 6) is 2.49. The summed E-state index contributed by atoms with van der Waals surface area (Å²) in [5, 5.41) is 4.64. The van der Waals surface area contributed by atoms with E-state index >= 15 is 0 Å². The molecule has 2 aliphatic carbocycles. The van der Waals surface area contributed by atoms with Crippen molar-refractivity contribution < 1.29 is 0 Å². The fraction of sp³-hybridized carbons (Fsp3) is 0.375. The molecule has 0 unspecified atom stereocenters. The zero-order valence-corrected chi connectivity index (χ0v) is 11.6. The van der Waals surface area contributed by atoms with Crippen LogP contribution in [0.15, 0.2) is 37.2 Å². The van der Waals surface area contributed by atoms with Gasteiger partial charge >= 0.3 is 0 Å². The van der Waals surface area contributed by atoms with Crippen molar-refractivity contribution in [2.45, 2.75) is 25.2 Å². The van der Waals surface area contributed by atoms with Gasteiger partial charge in [-0.05, 0) is 43.1 Å². The molecule has 0 aromatic carbocycles. The fourth-order valence-electron chi connectivity index (χ4n) is 3.40. The zero-order chi connectivity index (χ0) is 13.8. The van der Waals surface area contributed by atoms with E-state index in [0.29, 0.717) is 5.92 Å². The predicted octanol–water partition coefficient (Wildman–Crippen LogP) is 2.70. The molecule has 0 aliphatic heterocycles. The van der Waals surface area contributed by atoms with Crippen molar-refractivity contribution in [1.29, 1.82) is 0 Å². The van der Waals surface area contributed by atoms with E-state index in [1.54, 1.807) is 6.33 Å². The van der Waals surface area contributed by atoms with Crippen LogP contribution in [0.1, 0.15) is 30.7 Å². The Morgan fingerprint density at radius 3 is 2.81 bits per heavy atom. The van der Waals surface area contributed by atoms with Gasteiger partial charge in [-0.15, -0.1) is 0 Å². The van der Waals surface area contributed by atoms with Gasteiger partial charge in [-0.25, -0.2) is 19.5 Å². The average molecular weight is 277 g/mol. The summed E-state index contributed by atoms with van der Waals surface area (Å²) in [6.45, 7) is 0. The third kappa shape index (κ3) is 1.84. The molecule has 5 nitrogen and oxygen atoms in total. The molecule has 0 spiro atoms. The first kappa shape index (κ1) is 11.4. The number of fused-ring (bicyclic) bond motifs is 1. The molecule has 2 fully saturated rings. The molecule has 3 aromatic heterocycles. The van der Waals surface area contributed by atoms with Crippen LogP contribution >= 0.6 is 0 Å². The third-order valence-corrected chi connectivity index (χ3v) is 4.71.